The number of nitrogens with zero attached hydrogens (tertiary/aromatic N) is 1. The summed E-state index contributed by atoms with van der Waals surface area (Å²) in [5.74, 6) is 0. The van der Waals surface area contributed by atoms with Crippen LogP contribution in [0.3, 0.4) is 0 Å². The summed E-state index contributed by atoms with van der Waals surface area (Å²) in [6, 6.07) is 0. The highest BCUT2D eigenvalue weighted by molar-refractivity contribution is 5.09. The van der Waals surface area contributed by atoms with Crippen molar-refractivity contribution in [2.75, 3.05) is 20.1 Å². The lowest BCUT2D eigenvalue weighted by atomic mass is 10.0. The molecule has 14 heavy (non-hydrogen) atoms. The predicted octanol–water partition coefficient (Wildman–Crippen LogP) is 3.61. The second kappa shape index (κ2) is 6.23. The van der Waals surface area contributed by atoms with Crippen LogP contribution in [0.2, 0.25) is 0 Å². The Balaban J connectivity index is 2.46. The summed E-state index contributed by atoms with van der Waals surface area (Å²) in [6.07, 6.45) is 8.13. The summed E-state index contributed by atoms with van der Waals surface area (Å²) in [5, 5.41) is 0. The van der Waals surface area contributed by atoms with Gasteiger partial charge in [-0.25, -0.2) is 0 Å². The Morgan fingerprint density at radius 3 is 2.07 bits per heavy atom. The van der Waals surface area contributed by atoms with Gasteiger partial charge in [0, 0.05) is 0 Å². The van der Waals surface area contributed by atoms with Crippen molar-refractivity contribution in [1.82, 2.24) is 4.90 Å². The Labute approximate surface area is 89.2 Å². The van der Waals surface area contributed by atoms with E-state index in [0.717, 1.165) is 0 Å². The van der Waals surface area contributed by atoms with E-state index in [1.807, 2.05) is 0 Å². The Bertz CT molecular complexity index is 193. The number of hydrogen-bond donors (Lipinski definition) is 0. The average molecular weight is 195 g/mol. The van der Waals surface area contributed by atoms with Gasteiger partial charge in [0.25, 0.3) is 0 Å². The van der Waals surface area contributed by atoms with E-state index < -0.39 is 0 Å². The third-order valence-electron chi connectivity index (χ3n) is 3.41. The van der Waals surface area contributed by atoms with E-state index >= 15 is 0 Å². The van der Waals surface area contributed by atoms with E-state index in [0.29, 0.717) is 0 Å². The molecule has 0 aromatic carbocycles. The summed E-state index contributed by atoms with van der Waals surface area (Å²) >= 11 is 0. The molecule has 1 aliphatic rings. The summed E-state index contributed by atoms with van der Waals surface area (Å²) in [5.41, 5.74) is 3.29. The van der Waals surface area contributed by atoms with Gasteiger partial charge < -0.3 is 4.90 Å². The molecule has 0 aromatic heterocycles. The summed E-state index contributed by atoms with van der Waals surface area (Å²) < 4.78 is 0. The first-order valence-electron chi connectivity index (χ1n) is 6.04. The zero-order valence-electron chi connectivity index (χ0n) is 10.1. The molecule has 1 nitrogen and oxygen atoms in total. The van der Waals surface area contributed by atoms with Crippen LogP contribution in [0.25, 0.3) is 0 Å². The fourth-order valence-electron chi connectivity index (χ4n) is 2.10. The Kier molecular flexibility index (Phi) is 5.24. The van der Waals surface area contributed by atoms with E-state index in [1.54, 1.807) is 11.1 Å². The largest absolute Gasteiger partial charge is 0.306 e. The van der Waals surface area contributed by atoms with Gasteiger partial charge in [-0.1, -0.05) is 17.6 Å². The molecule has 82 valence electrons. The summed E-state index contributed by atoms with van der Waals surface area (Å²) in [7, 11) is 2.25. The van der Waals surface area contributed by atoms with Crippen molar-refractivity contribution in [3.05, 3.63) is 11.1 Å². The molecule has 0 radical (unpaired) electrons. The number of hydrogen-bond acceptors (Lipinski definition) is 1. The first-order valence-corrected chi connectivity index (χ1v) is 6.04. The van der Waals surface area contributed by atoms with Crippen molar-refractivity contribution < 1.29 is 0 Å². The van der Waals surface area contributed by atoms with Crippen LogP contribution in [0.15, 0.2) is 11.1 Å². The minimum Gasteiger partial charge on any atom is -0.306 e. The lowest BCUT2D eigenvalue weighted by molar-refractivity contribution is 0.321. The van der Waals surface area contributed by atoms with Crippen molar-refractivity contribution in [3.63, 3.8) is 0 Å². The molecule has 1 rings (SSSR count). The van der Waals surface area contributed by atoms with Gasteiger partial charge >= 0.3 is 0 Å². The van der Waals surface area contributed by atoms with E-state index in [-0.39, 0.29) is 0 Å². The van der Waals surface area contributed by atoms with Crippen molar-refractivity contribution in [3.8, 4) is 0 Å². The van der Waals surface area contributed by atoms with E-state index in [4.69, 9.17) is 0 Å². The van der Waals surface area contributed by atoms with Crippen molar-refractivity contribution >= 4 is 0 Å². The number of allylic oxidation sites excluding steroid dienone is 2. The molecule has 0 fully saturated rings. The standard InChI is InChI=1S/C13H25N/c1-12-8-5-4-6-10-14(3)11-7-9-13(12)2/h4-11H2,1-3H3/b13-12-. The molecule has 1 aliphatic heterocycles. The molecule has 0 atom stereocenters. The van der Waals surface area contributed by atoms with Gasteiger partial charge in [-0.05, 0) is 66.1 Å². The lowest BCUT2D eigenvalue weighted by Crippen LogP contribution is -2.20. The van der Waals surface area contributed by atoms with Crippen LogP contribution in [-0.2, 0) is 0 Å². The quantitative estimate of drug-likeness (QED) is 0.534. The SMILES string of the molecule is C/C1=C(\C)CCCN(C)CCCCC1. The minimum absolute atomic E-state index is 1.27. The highest BCUT2D eigenvalue weighted by atomic mass is 15.1. The first-order chi connectivity index (χ1) is 6.70. The van der Waals surface area contributed by atoms with Crippen LogP contribution >= 0.6 is 0 Å². The van der Waals surface area contributed by atoms with E-state index in [2.05, 4.69) is 25.8 Å². The van der Waals surface area contributed by atoms with E-state index in [9.17, 15) is 0 Å². The maximum Gasteiger partial charge on any atom is -0.00187 e. The van der Waals surface area contributed by atoms with Gasteiger partial charge in [0.1, 0.15) is 0 Å². The van der Waals surface area contributed by atoms with Crippen LogP contribution in [0.4, 0.5) is 0 Å². The maximum atomic E-state index is 2.48. The monoisotopic (exact) mass is 195 g/mol. The summed E-state index contributed by atoms with van der Waals surface area (Å²) in [6.45, 7) is 7.19. The zero-order valence-corrected chi connectivity index (χ0v) is 10.1. The first kappa shape index (κ1) is 11.8. The molecular formula is C13H25N. The molecule has 0 amide bonds. The number of rotatable bonds is 0. The van der Waals surface area contributed by atoms with Crippen LogP contribution in [0.1, 0.15) is 52.4 Å². The van der Waals surface area contributed by atoms with Crippen LogP contribution in [0.5, 0.6) is 0 Å². The second-order valence-electron chi connectivity index (χ2n) is 4.78. The second-order valence-corrected chi connectivity index (χ2v) is 4.78. The topological polar surface area (TPSA) is 3.24 Å². The summed E-state index contributed by atoms with van der Waals surface area (Å²) in [4.78, 5) is 2.48. The van der Waals surface area contributed by atoms with Crippen molar-refractivity contribution in [2.45, 2.75) is 52.4 Å². The zero-order chi connectivity index (χ0) is 10.4. The highest BCUT2D eigenvalue weighted by Gasteiger charge is 2.03. The van der Waals surface area contributed by atoms with E-state index in [1.165, 1.54) is 51.6 Å². The normalized spacial score (nSPS) is 28.5. The van der Waals surface area contributed by atoms with Gasteiger partial charge in [0.05, 0.1) is 0 Å². The lowest BCUT2D eigenvalue weighted by Gasteiger charge is -2.15. The third kappa shape index (κ3) is 4.28. The van der Waals surface area contributed by atoms with Crippen molar-refractivity contribution in [2.24, 2.45) is 0 Å². The van der Waals surface area contributed by atoms with Crippen LogP contribution in [-0.4, -0.2) is 25.0 Å². The van der Waals surface area contributed by atoms with Crippen LogP contribution in [0, 0.1) is 0 Å². The van der Waals surface area contributed by atoms with Gasteiger partial charge in [-0.3, -0.25) is 0 Å². The molecule has 1 heteroatoms. The third-order valence-corrected chi connectivity index (χ3v) is 3.41. The van der Waals surface area contributed by atoms with Crippen LogP contribution < -0.4 is 0 Å². The molecule has 0 N–H and O–H groups in total. The molecule has 0 unspecified atom stereocenters. The molecule has 0 aromatic rings. The average Bonchev–Trinajstić information content (AvgIpc) is 2.18. The molecule has 0 saturated carbocycles. The predicted molar refractivity (Wildman–Crippen MR) is 63.6 cm³/mol. The van der Waals surface area contributed by atoms with Gasteiger partial charge in [-0.2, -0.15) is 0 Å². The highest BCUT2D eigenvalue weighted by Crippen LogP contribution is 2.18. The molecule has 0 aliphatic carbocycles. The molecule has 1 heterocycles. The smallest absolute Gasteiger partial charge is 0.00187 e. The van der Waals surface area contributed by atoms with Gasteiger partial charge in [0.15, 0.2) is 0 Å². The molecule has 0 bridgehead atoms. The Morgan fingerprint density at radius 1 is 0.786 bits per heavy atom. The minimum atomic E-state index is 1.27. The molecule has 0 saturated heterocycles. The molecule has 0 spiro atoms. The molecular weight excluding hydrogens is 170 g/mol. The van der Waals surface area contributed by atoms with Gasteiger partial charge in [-0.15, -0.1) is 0 Å². The Morgan fingerprint density at radius 2 is 1.36 bits per heavy atom. The Hall–Kier alpha value is -0.300. The fraction of sp³-hybridized carbons (Fsp3) is 0.846. The van der Waals surface area contributed by atoms with Gasteiger partial charge in [0.2, 0.25) is 0 Å². The maximum absolute atomic E-state index is 2.48. The fourth-order valence-corrected chi connectivity index (χ4v) is 2.10. The van der Waals surface area contributed by atoms with Crippen molar-refractivity contribution in [1.29, 1.82) is 0 Å².